The molecule has 0 bridgehead atoms. The van der Waals surface area contributed by atoms with E-state index >= 15 is 0 Å². The van der Waals surface area contributed by atoms with E-state index in [2.05, 4.69) is 19.2 Å². The molecule has 1 unspecified atom stereocenters. The molecule has 1 saturated heterocycles. The molecular formula is C13H25NO3. The Labute approximate surface area is 104 Å². The van der Waals surface area contributed by atoms with Gasteiger partial charge in [-0.05, 0) is 12.3 Å². The van der Waals surface area contributed by atoms with Crippen LogP contribution in [0, 0.1) is 5.92 Å². The molecule has 1 aliphatic heterocycles. The molecule has 2 N–H and O–H groups in total. The number of hydrogen-bond donors (Lipinski definition) is 2. The van der Waals surface area contributed by atoms with Gasteiger partial charge in [0.2, 0.25) is 0 Å². The SMILES string of the molecule is CCCCC(CC)COC(=O)[C@@H]1C[C@@H](O)CN1. The first-order chi connectivity index (χ1) is 8.17. The Balaban J connectivity index is 2.21. The van der Waals surface area contributed by atoms with Gasteiger partial charge in [-0.3, -0.25) is 4.79 Å². The van der Waals surface area contributed by atoms with Crippen LogP contribution < -0.4 is 5.32 Å². The molecule has 0 aliphatic carbocycles. The van der Waals surface area contributed by atoms with Crippen molar-refractivity contribution in [1.82, 2.24) is 5.32 Å². The summed E-state index contributed by atoms with van der Waals surface area (Å²) in [5, 5.41) is 12.3. The van der Waals surface area contributed by atoms with E-state index in [0.29, 0.717) is 25.5 Å². The van der Waals surface area contributed by atoms with Gasteiger partial charge < -0.3 is 15.2 Å². The maximum Gasteiger partial charge on any atom is 0.323 e. The molecule has 0 aromatic carbocycles. The fourth-order valence-electron chi connectivity index (χ4n) is 2.10. The molecule has 0 aromatic heterocycles. The van der Waals surface area contributed by atoms with Crippen LogP contribution in [-0.4, -0.2) is 36.4 Å². The quantitative estimate of drug-likeness (QED) is 0.665. The lowest BCUT2D eigenvalue weighted by Gasteiger charge is -2.16. The highest BCUT2D eigenvalue weighted by atomic mass is 16.5. The smallest absolute Gasteiger partial charge is 0.323 e. The molecule has 1 heterocycles. The molecule has 0 aromatic rings. The van der Waals surface area contributed by atoms with E-state index in [1.807, 2.05) is 0 Å². The average molecular weight is 243 g/mol. The summed E-state index contributed by atoms with van der Waals surface area (Å²) in [5.74, 6) is 0.265. The maximum absolute atomic E-state index is 11.7. The van der Waals surface area contributed by atoms with Gasteiger partial charge in [0.15, 0.2) is 0 Å². The predicted octanol–water partition coefficient (Wildman–Crippen LogP) is 1.47. The summed E-state index contributed by atoms with van der Waals surface area (Å²) in [7, 11) is 0. The lowest BCUT2D eigenvalue weighted by molar-refractivity contribution is -0.147. The van der Waals surface area contributed by atoms with Crippen molar-refractivity contribution in [3.8, 4) is 0 Å². The topological polar surface area (TPSA) is 58.6 Å². The molecule has 1 fully saturated rings. The number of ether oxygens (including phenoxy) is 1. The van der Waals surface area contributed by atoms with E-state index in [1.165, 1.54) is 12.8 Å². The number of carbonyl (C=O) groups excluding carboxylic acids is 1. The second kappa shape index (κ2) is 7.67. The first-order valence-corrected chi connectivity index (χ1v) is 6.75. The van der Waals surface area contributed by atoms with E-state index in [4.69, 9.17) is 4.74 Å². The maximum atomic E-state index is 11.7. The Morgan fingerprint density at radius 3 is 2.82 bits per heavy atom. The molecule has 17 heavy (non-hydrogen) atoms. The van der Waals surface area contributed by atoms with Gasteiger partial charge in [-0.15, -0.1) is 0 Å². The van der Waals surface area contributed by atoms with Crippen LogP contribution in [0.25, 0.3) is 0 Å². The molecule has 4 heteroatoms. The fourth-order valence-corrected chi connectivity index (χ4v) is 2.10. The second-order valence-electron chi connectivity index (χ2n) is 4.90. The summed E-state index contributed by atoms with van der Waals surface area (Å²) in [6.45, 7) is 5.31. The molecule has 0 saturated carbocycles. The number of aliphatic hydroxyl groups is 1. The van der Waals surface area contributed by atoms with Crippen molar-refractivity contribution >= 4 is 5.97 Å². The number of unbranched alkanes of at least 4 members (excludes halogenated alkanes) is 1. The van der Waals surface area contributed by atoms with Gasteiger partial charge in [0, 0.05) is 13.0 Å². The summed E-state index contributed by atoms with van der Waals surface area (Å²) < 4.78 is 5.31. The summed E-state index contributed by atoms with van der Waals surface area (Å²) >= 11 is 0. The highest BCUT2D eigenvalue weighted by molar-refractivity contribution is 5.76. The molecule has 3 atom stereocenters. The Bertz CT molecular complexity index is 233. The predicted molar refractivity (Wildman–Crippen MR) is 66.7 cm³/mol. The molecule has 0 amide bonds. The van der Waals surface area contributed by atoms with Crippen molar-refractivity contribution in [2.75, 3.05) is 13.2 Å². The Morgan fingerprint density at radius 1 is 1.53 bits per heavy atom. The van der Waals surface area contributed by atoms with Crippen LogP contribution in [0.1, 0.15) is 46.0 Å². The number of hydrogen-bond acceptors (Lipinski definition) is 4. The zero-order valence-corrected chi connectivity index (χ0v) is 10.9. The van der Waals surface area contributed by atoms with Crippen molar-refractivity contribution in [2.24, 2.45) is 5.92 Å². The number of carbonyl (C=O) groups is 1. The van der Waals surface area contributed by atoms with Crippen molar-refractivity contribution in [3.05, 3.63) is 0 Å². The van der Waals surface area contributed by atoms with Gasteiger partial charge in [0.25, 0.3) is 0 Å². The third-order valence-corrected chi connectivity index (χ3v) is 3.40. The monoisotopic (exact) mass is 243 g/mol. The van der Waals surface area contributed by atoms with Gasteiger partial charge in [0.1, 0.15) is 6.04 Å². The third kappa shape index (κ3) is 5.04. The molecule has 100 valence electrons. The van der Waals surface area contributed by atoms with Gasteiger partial charge >= 0.3 is 5.97 Å². The Hall–Kier alpha value is -0.610. The van der Waals surface area contributed by atoms with Crippen molar-refractivity contribution in [1.29, 1.82) is 0 Å². The van der Waals surface area contributed by atoms with E-state index in [-0.39, 0.29) is 12.0 Å². The molecular weight excluding hydrogens is 218 g/mol. The molecule has 0 spiro atoms. The van der Waals surface area contributed by atoms with Gasteiger partial charge in [-0.25, -0.2) is 0 Å². The van der Waals surface area contributed by atoms with Crippen LogP contribution in [-0.2, 0) is 9.53 Å². The van der Waals surface area contributed by atoms with E-state index in [1.54, 1.807) is 0 Å². The lowest BCUT2D eigenvalue weighted by Crippen LogP contribution is -2.33. The minimum absolute atomic E-state index is 0.212. The van der Waals surface area contributed by atoms with Crippen LogP contribution in [0.15, 0.2) is 0 Å². The normalized spacial score (nSPS) is 25.8. The van der Waals surface area contributed by atoms with Crippen LogP contribution in [0.2, 0.25) is 0 Å². The first kappa shape index (κ1) is 14.5. The van der Waals surface area contributed by atoms with Crippen molar-refractivity contribution in [3.63, 3.8) is 0 Å². The summed E-state index contributed by atoms with van der Waals surface area (Å²) in [6.07, 6.45) is 4.62. The van der Waals surface area contributed by atoms with E-state index in [9.17, 15) is 9.90 Å². The van der Waals surface area contributed by atoms with Gasteiger partial charge in [0.05, 0.1) is 12.7 Å². The Morgan fingerprint density at radius 2 is 2.29 bits per heavy atom. The third-order valence-electron chi connectivity index (χ3n) is 3.40. The number of rotatable bonds is 7. The van der Waals surface area contributed by atoms with Crippen LogP contribution >= 0.6 is 0 Å². The largest absolute Gasteiger partial charge is 0.464 e. The molecule has 0 radical (unpaired) electrons. The van der Waals surface area contributed by atoms with E-state index < -0.39 is 6.10 Å². The van der Waals surface area contributed by atoms with Crippen LogP contribution in [0.5, 0.6) is 0 Å². The second-order valence-corrected chi connectivity index (χ2v) is 4.90. The standard InChI is InChI=1S/C13H25NO3/c1-3-5-6-10(4-2)9-17-13(16)12-7-11(15)8-14-12/h10-12,14-15H,3-9H2,1-2H3/t10?,11-,12+/m1/s1. The lowest BCUT2D eigenvalue weighted by atomic mass is 10.0. The van der Waals surface area contributed by atoms with Crippen LogP contribution in [0.3, 0.4) is 0 Å². The fraction of sp³-hybridized carbons (Fsp3) is 0.923. The zero-order valence-electron chi connectivity index (χ0n) is 10.9. The molecule has 4 nitrogen and oxygen atoms in total. The summed E-state index contributed by atoms with van der Waals surface area (Å²) in [4.78, 5) is 11.7. The average Bonchev–Trinajstić information content (AvgIpc) is 2.76. The molecule has 1 aliphatic rings. The number of aliphatic hydroxyl groups excluding tert-OH is 1. The number of β-amino-alcohol motifs (C(OH)–C–C–N with tert-alkyl or cyclic N) is 1. The number of nitrogens with one attached hydrogen (secondary N) is 1. The van der Waals surface area contributed by atoms with Crippen molar-refractivity contribution < 1.29 is 14.6 Å². The van der Waals surface area contributed by atoms with Gasteiger partial charge in [-0.1, -0.05) is 33.1 Å². The number of esters is 1. The molecule has 1 rings (SSSR count). The zero-order chi connectivity index (χ0) is 12.7. The minimum atomic E-state index is -0.408. The summed E-state index contributed by atoms with van der Waals surface area (Å²) in [5.41, 5.74) is 0. The van der Waals surface area contributed by atoms with E-state index in [0.717, 1.165) is 12.8 Å². The van der Waals surface area contributed by atoms with Crippen LogP contribution in [0.4, 0.5) is 0 Å². The highest BCUT2D eigenvalue weighted by Gasteiger charge is 2.29. The van der Waals surface area contributed by atoms with Gasteiger partial charge in [-0.2, -0.15) is 0 Å². The minimum Gasteiger partial charge on any atom is -0.464 e. The van der Waals surface area contributed by atoms with Crippen molar-refractivity contribution in [2.45, 2.75) is 58.1 Å². The Kier molecular flexibility index (Phi) is 6.52. The summed E-state index contributed by atoms with van der Waals surface area (Å²) in [6, 6.07) is -0.311. The first-order valence-electron chi connectivity index (χ1n) is 6.75. The highest BCUT2D eigenvalue weighted by Crippen LogP contribution is 2.14.